The second kappa shape index (κ2) is 7.91. The highest BCUT2D eigenvalue weighted by Crippen LogP contribution is 2.29. The Labute approximate surface area is 152 Å². The first-order valence-corrected chi connectivity index (χ1v) is 9.47. The normalized spacial score (nSPS) is 16.7. The minimum Gasteiger partial charge on any atom is -0.495 e. The zero-order valence-corrected chi connectivity index (χ0v) is 15.7. The molecule has 1 aromatic heterocycles. The summed E-state index contributed by atoms with van der Waals surface area (Å²) < 4.78 is 7.29. The highest BCUT2D eigenvalue weighted by atomic mass is 32.2. The molecule has 1 saturated heterocycles. The molecule has 1 aliphatic rings. The summed E-state index contributed by atoms with van der Waals surface area (Å²) in [6.45, 7) is 5.89. The lowest BCUT2D eigenvalue weighted by molar-refractivity contribution is -0.131. The number of nitrogens with zero attached hydrogens (tertiary/aromatic N) is 4. The molecule has 1 fully saturated rings. The fourth-order valence-electron chi connectivity index (χ4n) is 2.99. The largest absolute Gasteiger partial charge is 0.495 e. The molecule has 1 aliphatic heterocycles. The number of thioether (sulfide) groups is 1. The van der Waals surface area contributed by atoms with Crippen LogP contribution >= 0.6 is 11.8 Å². The van der Waals surface area contributed by atoms with Crippen molar-refractivity contribution in [2.45, 2.75) is 37.1 Å². The van der Waals surface area contributed by atoms with Crippen LogP contribution < -0.4 is 4.74 Å². The molecule has 2 aromatic rings. The van der Waals surface area contributed by atoms with Gasteiger partial charge < -0.3 is 9.64 Å². The number of piperidine rings is 1. The Balaban J connectivity index is 1.73. The number of hydrogen-bond donors (Lipinski definition) is 0. The Hall–Kier alpha value is -2.02. The van der Waals surface area contributed by atoms with Gasteiger partial charge in [0.1, 0.15) is 12.1 Å². The minimum atomic E-state index is -0.203. The lowest BCUT2D eigenvalue weighted by atomic mass is 9.99. The van der Waals surface area contributed by atoms with E-state index in [2.05, 4.69) is 17.1 Å². The summed E-state index contributed by atoms with van der Waals surface area (Å²) in [4.78, 5) is 14.7. The van der Waals surface area contributed by atoms with Crippen LogP contribution in [-0.2, 0) is 4.79 Å². The summed E-state index contributed by atoms with van der Waals surface area (Å²) in [6, 6.07) is 7.71. The van der Waals surface area contributed by atoms with E-state index in [4.69, 9.17) is 4.74 Å². The molecule has 134 valence electrons. The molecule has 3 rings (SSSR count). The van der Waals surface area contributed by atoms with Crippen LogP contribution in [0, 0.1) is 5.92 Å². The quantitative estimate of drug-likeness (QED) is 0.767. The van der Waals surface area contributed by atoms with E-state index in [1.165, 1.54) is 11.8 Å². The van der Waals surface area contributed by atoms with Crippen LogP contribution in [0.2, 0.25) is 0 Å². The van der Waals surface area contributed by atoms with Crippen LogP contribution in [0.1, 0.15) is 26.7 Å². The number of amides is 1. The molecule has 1 atom stereocenters. The molecule has 1 amide bonds. The van der Waals surface area contributed by atoms with Crippen molar-refractivity contribution in [3.05, 3.63) is 30.6 Å². The third-order valence-corrected chi connectivity index (χ3v) is 5.63. The maximum absolute atomic E-state index is 12.7. The van der Waals surface area contributed by atoms with E-state index in [1.54, 1.807) is 13.4 Å². The van der Waals surface area contributed by atoms with E-state index in [9.17, 15) is 4.79 Å². The number of para-hydroxylation sites is 2. The van der Waals surface area contributed by atoms with Gasteiger partial charge in [0.25, 0.3) is 0 Å². The first kappa shape index (κ1) is 17.8. The lowest BCUT2D eigenvalue weighted by Crippen LogP contribution is -2.41. The van der Waals surface area contributed by atoms with E-state index in [0.717, 1.165) is 37.4 Å². The molecule has 0 N–H and O–H groups in total. The summed E-state index contributed by atoms with van der Waals surface area (Å²) in [5.41, 5.74) is 0.865. The number of carbonyl (C=O) groups is 1. The first-order chi connectivity index (χ1) is 12.1. The second-order valence-corrected chi connectivity index (χ2v) is 7.73. The predicted octanol–water partition coefficient (Wildman–Crippen LogP) is 3.02. The lowest BCUT2D eigenvalue weighted by Gasteiger charge is -2.31. The summed E-state index contributed by atoms with van der Waals surface area (Å²) in [5, 5.41) is 8.71. The van der Waals surface area contributed by atoms with E-state index >= 15 is 0 Å². The molecular formula is C18H24N4O2S. The Bertz CT molecular complexity index is 725. The summed E-state index contributed by atoms with van der Waals surface area (Å²) >= 11 is 1.44. The number of carbonyl (C=O) groups excluding carboxylic acids is 1. The van der Waals surface area contributed by atoms with Crippen LogP contribution in [0.3, 0.4) is 0 Å². The van der Waals surface area contributed by atoms with Crippen LogP contribution in [0.25, 0.3) is 5.69 Å². The van der Waals surface area contributed by atoms with Gasteiger partial charge in [-0.1, -0.05) is 30.8 Å². The van der Waals surface area contributed by atoms with Gasteiger partial charge in [0, 0.05) is 13.1 Å². The monoisotopic (exact) mass is 360 g/mol. The fourth-order valence-corrected chi connectivity index (χ4v) is 3.91. The number of likely N-dealkylation sites (tertiary alicyclic amines) is 1. The van der Waals surface area contributed by atoms with E-state index in [0.29, 0.717) is 11.1 Å². The van der Waals surface area contributed by atoms with E-state index in [-0.39, 0.29) is 11.2 Å². The van der Waals surface area contributed by atoms with Gasteiger partial charge in [0.15, 0.2) is 5.16 Å². The van der Waals surface area contributed by atoms with Crippen molar-refractivity contribution >= 4 is 17.7 Å². The van der Waals surface area contributed by atoms with Gasteiger partial charge in [0.2, 0.25) is 5.91 Å². The topological polar surface area (TPSA) is 60.2 Å². The van der Waals surface area contributed by atoms with Gasteiger partial charge in [0.05, 0.1) is 18.0 Å². The number of benzene rings is 1. The van der Waals surface area contributed by atoms with E-state index in [1.807, 2.05) is 40.7 Å². The molecule has 1 aromatic carbocycles. The average Bonchev–Trinajstić information content (AvgIpc) is 3.09. The number of methoxy groups -OCH3 is 1. The molecule has 25 heavy (non-hydrogen) atoms. The zero-order chi connectivity index (χ0) is 17.8. The Kier molecular flexibility index (Phi) is 5.63. The van der Waals surface area contributed by atoms with Gasteiger partial charge in [-0.15, -0.1) is 10.2 Å². The maximum Gasteiger partial charge on any atom is 0.235 e. The van der Waals surface area contributed by atoms with Gasteiger partial charge in [-0.3, -0.25) is 9.36 Å². The van der Waals surface area contributed by atoms with Crippen molar-refractivity contribution in [1.82, 2.24) is 19.7 Å². The van der Waals surface area contributed by atoms with Crippen LogP contribution in [-0.4, -0.2) is 51.0 Å². The first-order valence-electron chi connectivity index (χ1n) is 8.59. The minimum absolute atomic E-state index is 0.173. The van der Waals surface area contributed by atoms with Gasteiger partial charge >= 0.3 is 0 Å². The van der Waals surface area contributed by atoms with Crippen molar-refractivity contribution in [3.8, 4) is 11.4 Å². The molecular weight excluding hydrogens is 336 g/mol. The number of ether oxygens (including phenoxy) is 1. The van der Waals surface area contributed by atoms with Crippen molar-refractivity contribution in [2.24, 2.45) is 5.92 Å². The maximum atomic E-state index is 12.7. The third-order valence-electron chi connectivity index (χ3n) is 4.59. The fraction of sp³-hybridized carbons (Fsp3) is 0.500. The highest BCUT2D eigenvalue weighted by molar-refractivity contribution is 8.00. The van der Waals surface area contributed by atoms with Crippen LogP contribution in [0.4, 0.5) is 0 Å². The molecule has 0 aliphatic carbocycles. The van der Waals surface area contributed by atoms with E-state index < -0.39 is 0 Å². The Morgan fingerprint density at radius 1 is 1.32 bits per heavy atom. The smallest absolute Gasteiger partial charge is 0.235 e. The standard InChI is InChI=1S/C18H24N4O2S/c1-13-8-10-21(11-9-13)17(23)14(2)25-18-20-19-12-22(18)15-6-4-5-7-16(15)24-3/h4-7,12-14H,8-11H2,1-3H3/t14-/m0/s1. The average molecular weight is 360 g/mol. The summed E-state index contributed by atoms with van der Waals surface area (Å²) in [6.07, 6.45) is 3.82. The summed E-state index contributed by atoms with van der Waals surface area (Å²) in [7, 11) is 1.64. The number of rotatable bonds is 5. The molecule has 0 saturated carbocycles. The zero-order valence-electron chi connectivity index (χ0n) is 14.9. The van der Waals surface area contributed by atoms with Crippen LogP contribution in [0.5, 0.6) is 5.75 Å². The van der Waals surface area contributed by atoms with Crippen molar-refractivity contribution in [3.63, 3.8) is 0 Å². The highest BCUT2D eigenvalue weighted by Gasteiger charge is 2.26. The van der Waals surface area contributed by atoms with Crippen molar-refractivity contribution < 1.29 is 9.53 Å². The summed E-state index contributed by atoms with van der Waals surface area (Å²) in [5.74, 6) is 1.63. The molecule has 7 heteroatoms. The number of aromatic nitrogens is 3. The predicted molar refractivity (Wildman–Crippen MR) is 98.2 cm³/mol. The second-order valence-electron chi connectivity index (χ2n) is 6.42. The molecule has 0 bridgehead atoms. The van der Waals surface area contributed by atoms with Crippen molar-refractivity contribution in [1.29, 1.82) is 0 Å². The molecule has 6 nitrogen and oxygen atoms in total. The Morgan fingerprint density at radius 2 is 2.04 bits per heavy atom. The third kappa shape index (κ3) is 3.98. The molecule has 0 radical (unpaired) electrons. The molecule has 2 heterocycles. The Morgan fingerprint density at radius 3 is 2.76 bits per heavy atom. The molecule has 0 spiro atoms. The molecule has 0 unspecified atom stereocenters. The van der Waals surface area contributed by atoms with Gasteiger partial charge in [-0.05, 0) is 37.8 Å². The SMILES string of the molecule is COc1ccccc1-n1cnnc1S[C@@H](C)C(=O)N1CCC(C)CC1. The van der Waals surface area contributed by atoms with Crippen LogP contribution in [0.15, 0.2) is 35.7 Å². The van der Waals surface area contributed by atoms with Crippen molar-refractivity contribution in [2.75, 3.05) is 20.2 Å². The number of hydrogen-bond acceptors (Lipinski definition) is 5. The van der Waals surface area contributed by atoms with Gasteiger partial charge in [-0.2, -0.15) is 0 Å². The van der Waals surface area contributed by atoms with Gasteiger partial charge in [-0.25, -0.2) is 0 Å².